The molecule has 4 fully saturated rings. The number of nitrogens with one attached hydrogen (secondary N) is 2. The molecule has 3 heterocycles. The zero-order valence-electron chi connectivity index (χ0n) is 24.6. The Morgan fingerprint density at radius 1 is 1.10 bits per heavy atom. The van der Waals surface area contributed by atoms with Gasteiger partial charge in [-0.2, -0.15) is 4.31 Å². The van der Waals surface area contributed by atoms with Crippen molar-refractivity contribution in [2.45, 2.75) is 120 Å². The van der Waals surface area contributed by atoms with Crippen LogP contribution in [-0.2, 0) is 19.6 Å². The molecule has 41 heavy (non-hydrogen) atoms. The number of piperazine rings is 1. The number of hydrogen-bond acceptors (Lipinski definition) is 6. The van der Waals surface area contributed by atoms with Crippen LogP contribution in [0.25, 0.3) is 0 Å². The lowest BCUT2D eigenvalue weighted by molar-refractivity contribution is -0.125. The molecule has 5 rings (SSSR count). The molecule has 3 saturated heterocycles. The zero-order valence-corrected chi connectivity index (χ0v) is 25.5. The van der Waals surface area contributed by atoms with Gasteiger partial charge in [0, 0.05) is 37.1 Å². The summed E-state index contributed by atoms with van der Waals surface area (Å²) in [4.78, 5) is 13.8. The molecule has 1 amide bonds. The summed E-state index contributed by atoms with van der Waals surface area (Å²) in [6, 6.07) is 5.91. The number of halogens is 1. The third-order valence-electron chi connectivity index (χ3n) is 10.1. The summed E-state index contributed by atoms with van der Waals surface area (Å²) in [7, 11) is -3.22. The number of amides is 1. The Bertz CT molecular complexity index is 1130. The molecule has 4 aliphatic rings. The van der Waals surface area contributed by atoms with Crippen molar-refractivity contribution in [1.82, 2.24) is 14.9 Å². The van der Waals surface area contributed by atoms with E-state index in [9.17, 15) is 17.6 Å². The van der Waals surface area contributed by atoms with E-state index >= 15 is 0 Å². The molecule has 0 aromatic heterocycles. The first-order valence-electron chi connectivity index (χ1n) is 15.8. The quantitative estimate of drug-likeness (QED) is 0.425. The van der Waals surface area contributed by atoms with Crippen LogP contribution in [0, 0.1) is 17.7 Å². The standard InChI is InChI=1S/C31H49FN4O4S/c1-20-16-24(17-21(2)40-20)29(23-9-12-25(32)13-10-23)30(33)31(37)35-28-8-4-3-6-22(28)11-14-27-18-34-26-7-5-15-41(38,39)36(27)19-26/h9-10,12-13,20-22,24,26-30,34H,3-8,11,14-19,33H2,1-2H3,(H,35,37)/t20-,21+,22-,24+,26-,27+,28+,29+,30+/m1/s1. The van der Waals surface area contributed by atoms with Gasteiger partial charge in [0.1, 0.15) is 5.82 Å². The van der Waals surface area contributed by atoms with Crippen molar-refractivity contribution < 1.29 is 22.3 Å². The highest BCUT2D eigenvalue weighted by molar-refractivity contribution is 7.89. The summed E-state index contributed by atoms with van der Waals surface area (Å²) >= 11 is 0. The van der Waals surface area contributed by atoms with Crippen LogP contribution >= 0.6 is 0 Å². The average Bonchev–Trinajstić information content (AvgIpc) is 3.04. The minimum absolute atomic E-state index is 0.0220. The molecular weight excluding hydrogens is 543 g/mol. The number of hydrogen-bond donors (Lipinski definition) is 3. The van der Waals surface area contributed by atoms with Crippen LogP contribution in [0.1, 0.15) is 89.5 Å². The lowest BCUT2D eigenvalue weighted by atomic mass is 9.74. The van der Waals surface area contributed by atoms with E-state index in [1.807, 2.05) is 0 Å². The third kappa shape index (κ3) is 7.50. The lowest BCUT2D eigenvalue weighted by Crippen LogP contribution is -2.57. The maximum absolute atomic E-state index is 13.8. The van der Waals surface area contributed by atoms with Gasteiger partial charge >= 0.3 is 0 Å². The van der Waals surface area contributed by atoms with Crippen molar-refractivity contribution in [3.63, 3.8) is 0 Å². The van der Waals surface area contributed by atoms with Crippen LogP contribution in [0.5, 0.6) is 0 Å². The molecule has 2 bridgehead atoms. The van der Waals surface area contributed by atoms with E-state index in [-0.39, 0.29) is 59.6 Å². The van der Waals surface area contributed by atoms with Gasteiger partial charge < -0.3 is 21.1 Å². The highest BCUT2D eigenvalue weighted by atomic mass is 32.2. The number of rotatable bonds is 8. The van der Waals surface area contributed by atoms with Crippen LogP contribution in [0.3, 0.4) is 0 Å². The number of carbonyl (C=O) groups excluding carboxylic acids is 1. The highest BCUT2D eigenvalue weighted by Gasteiger charge is 2.40. The van der Waals surface area contributed by atoms with Gasteiger partial charge in [-0.05, 0) is 94.7 Å². The number of carbonyl (C=O) groups is 1. The van der Waals surface area contributed by atoms with Gasteiger partial charge in [-0.3, -0.25) is 4.79 Å². The second kappa shape index (κ2) is 13.4. The monoisotopic (exact) mass is 592 g/mol. The second-order valence-electron chi connectivity index (χ2n) is 13.1. The molecular formula is C31H49FN4O4S. The number of nitrogens with two attached hydrogens (primary N) is 1. The van der Waals surface area contributed by atoms with Gasteiger partial charge in [-0.15, -0.1) is 0 Å². The Morgan fingerprint density at radius 3 is 2.54 bits per heavy atom. The van der Waals surface area contributed by atoms with E-state index in [2.05, 4.69) is 24.5 Å². The Morgan fingerprint density at radius 2 is 1.80 bits per heavy atom. The topological polar surface area (TPSA) is 114 Å². The molecule has 8 nitrogen and oxygen atoms in total. The number of fused-ring (bicyclic) bond motifs is 2. The Balaban J connectivity index is 1.26. The van der Waals surface area contributed by atoms with Gasteiger partial charge in [-0.25, -0.2) is 12.8 Å². The first-order chi connectivity index (χ1) is 19.6. The molecule has 230 valence electrons. The smallest absolute Gasteiger partial charge is 0.237 e. The minimum Gasteiger partial charge on any atom is -0.376 e. The summed E-state index contributed by atoms with van der Waals surface area (Å²) in [5.41, 5.74) is 7.67. The largest absolute Gasteiger partial charge is 0.376 e. The van der Waals surface area contributed by atoms with Crippen LogP contribution in [0.4, 0.5) is 4.39 Å². The van der Waals surface area contributed by atoms with E-state index in [1.54, 1.807) is 16.4 Å². The summed E-state index contributed by atoms with van der Waals surface area (Å²) < 4.78 is 47.4. The van der Waals surface area contributed by atoms with Crippen molar-refractivity contribution in [1.29, 1.82) is 0 Å². The van der Waals surface area contributed by atoms with Gasteiger partial charge in [0.25, 0.3) is 0 Å². The maximum Gasteiger partial charge on any atom is 0.237 e. The average molecular weight is 593 g/mol. The predicted molar refractivity (Wildman–Crippen MR) is 158 cm³/mol. The van der Waals surface area contributed by atoms with Crippen LogP contribution in [0.2, 0.25) is 0 Å². The third-order valence-corrected chi connectivity index (χ3v) is 12.0. The van der Waals surface area contributed by atoms with Gasteiger partial charge in [0.15, 0.2) is 0 Å². The molecule has 4 N–H and O–H groups in total. The summed E-state index contributed by atoms with van der Waals surface area (Å²) in [6.07, 6.45) is 9.13. The van der Waals surface area contributed by atoms with E-state index in [4.69, 9.17) is 10.5 Å². The highest BCUT2D eigenvalue weighted by Crippen LogP contribution is 2.39. The Hall–Kier alpha value is -1.59. The van der Waals surface area contributed by atoms with Crippen LogP contribution in [0.15, 0.2) is 24.3 Å². The fraction of sp³-hybridized carbons (Fsp3) is 0.774. The van der Waals surface area contributed by atoms with Crippen molar-refractivity contribution in [3.05, 3.63) is 35.6 Å². The van der Waals surface area contributed by atoms with Crippen LogP contribution < -0.4 is 16.4 Å². The van der Waals surface area contributed by atoms with Gasteiger partial charge in [0.2, 0.25) is 15.9 Å². The van der Waals surface area contributed by atoms with Crippen molar-refractivity contribution >= 4 is 15.9 Å². The number of benzene rings is 1. The van der Waals surface area contributed by atoms with Gasteiger partial charge in [0.05, 0.1) is 24.0 Å². The first-order valence-corrected chi connectivity index (χ1v) is 17.4. The van der Waals surface area contributed by atoms with E-state index in [0.29, 0.717) is 25.4 Å². The van der Waals surface area contributed by atoms with E-state index in [1.165, 1.54) is 12.1 Å². The van der Waals surface area contributed by atoms with E-state index < -0.39 is 16.1 Å². The summed E-state index contributed by atoms with van der Waals surface area (Å²) in [5, 5.41) is 6.90. The molecule has 1 unspecified atom stereocenters. The normalized spacial score (nSPS) is 37.0. The summed E-state index contributed by atoms with van der Waals surface area (Å²) in [6.45, 7) is 5.38. The van der Waals surface area contributed by atoms with Crippen molar-refractivity contribution in [2.75, 3.05) is 18.8 Å². The lowest BCUT2D eigenvalue weighted by Gasteiger charge is -2.40. The molecule has 0 radical (unpaired) electrons. The van der Waals surface area contributed by atoms with Crippen LogP contribution in [-0.4, -0.2) is 73.8 Å². The van der Waals surface area contributed by atoms with Crippen molar-refractivity contribution in [3.8, 4) is 0 Å². The first kappa shape index (κ1) is 30.9. The SMILES string of the molecule is C[C@@H]1C[C@H]([C@H](c2ccc(F)cc2)[C@H](N)C(=O)N[C@H]2CCCC[C@@H]2CC[C@H]2CN[C@@H]3CCCS(=O)(=O)N2C3)C[C@H](C)O1. The Kier molecular flexibility index (Phi) is 10.1. The van der Waals surface area contributed by atoms with Gasteiger partial charge in [-0.1, -0.05) is 25.0 Å². The van der Waals surface area contributed by atoms with Crippen molar-refractivity contribution in [2.24, 2.45) is 17.6 Å². The summed E-state index contributed by atoms with van der Waals surface area (Å²) in [5.74, 6) is -0.0103. The molecule has 0 spiro atoms. The number of nitrogens with zero attached hydrogens (tertiary/aromatic N) is 1. The minimum atomic E-state index is -3.22. The maximum atomic E-state index is 13.8. The predicted octanol–water partition coefficient (Wildman–Crippen LogP) is 3.66. The fourth-order valence-electron chi connectivity index (χ4n) is 8.04. The fourth-order valence-corrected chi connectivity index (χ4v) is 9.85. The molecule has 1 aliphatic carbocycles. The molecule has 3 aliphatic heterocycles. The molecule has 1 aromatic carbocycles. The molecule has 1 saturated carbocycles. The zero-order chi connectivity index (χ0) is 29.1. The molecule has 10 heteroatoms. The molecule has 10 atom stereocenters. The number of sulfonamides is 1. The Labute approximate surface area is 245 Å². The van der Waals surface area contributed by atoms with E-state index in [0.717, 1.165) is 63.4 Å². The molecule has 1 aromatic rings. The second-order valence-corrected chi connectivity index (χ2v) is 15.2. The number of ether oxygens (including phenoxy) is 1.